The molecule has 1 heteroatoms. The molecular weight excluding hydrogens is 112 g/mol. The van der Waals surface area contributed by atoms with E-state index in [0.717, 1.165) is 18.4 Å². The molecule has 0 aromatic carbocycles. The fourth-order valence-electron chi connectivity index (χ4n) is 1.11. The van der Waals surface area contributed by atoms with Crippen molar-refractivity contribution < 1.29 is 4.79 Å². The molecule has 0 saturated heterocycles. The second kappa shape index (κ2) is 3.44. The molecule has 0 unspecified atom stereocenters. The minimum absolute atomic E-state index is 0.882. The van der Waals surface area contributed by atoms with Crippen LogP contribution in [0.25, 0.3) is 0 Å². The number of carbonyl (C=O) groups excluding carboxylic acids is 1. The molecule has 0 atom stereocenters. The third kappa shape index (κ3) is 2.00. The highest BCUT2D eigenvalue weighted by atomic mass is 16.1. The Morgan fingerprint density at radius 2 is 2.22 bits per heavy atom. The van der Waals surface area contributed by atoms with Crippen molar-refractivity contribution in [3.63, 3.8) is 0 Å². The first-order valence-corrected chi connectivity index (χ1v) is 3.50. The minimum atomic E-state index is 0.882. The van der Waals surface area contributed by atoms with Crippen molar-refractivity contribution in [1.29, 1.82) is 0 Å². The van der Waals surface area contributed by atoms with Crippen LogP contribution in [0.5, 0.6) is 0 Å². The molecule has 49 valence electrons. The van der Waals surface area contributed by atoms with Crippen LogP contribution < -0.4 is 0 Å². The summed E-state index contributed by atoms with van der Waals surface area (Å²) in [6, 6.07) is 0. The Kier molecular flexibility index (Phi) is 2.49. The zero-order valence-corrected chi connectivity index (χ0v) is 5.52. The molecule has 0 aromatic heterocycles. The molecule has 0 saturated carbocycles. The Morgan fingerprint density at radius 1 is 1.33 bits per heavy atom. The van der Waals surface area contributed by atoms with Gasteiger partial charge < -0.3 is 0 Å². The molecular formula is C8H11O. The Hall–Kier alpha value is -0.590. The molecule has 0 N–H and O–H groups in total. The van der Waals surface area contributed by atoms with Crippen molar-refractivity contribution in [3.05, 3.63) is 11.6 Å². The Labute approximate surface area is 55.8 Å². The summed E-state index contributed by atoms with van der Waals surface area (Å²) in [6.45, 7) is 0. The van der Waals surface area contributed by atoms with Crippen LogP contribution in [-0.4, -0.2) is 6.29 Å². The van der Waals surface area contributed by atoms with Gasteiger partial charge in [-0.1, -0.05) is 12.5 Å². The topological polar surface area (TPSA) is 17.1 Å². The second-order valence-corrected chi connectivity index (χ2v) is 2.43. The van der Waals surface area contributed by atoms with Crippen LogP contribution in [0.3, 0.4) is 0 Å². The molecule has 1 radical (unpaired) electrons. The summed E-state index contributed by atoms with van der Waals surface area (Å²) < 4.78 is 0. The van der Waals surface area contributed by atoms with E-state index in [2.05, 4.69) is 0 Å². The summed E-state index contributed by atoms with van der Waals surface area (Å²) >= 11 is 0. The Morgan fingerprint density at radius 3 is 3.00 bits per heavy atom. The molecule has 9 heavy (non-hydrogen) atoms. The molecule has 0 amide bonds. The van der Waals surface area contributed by atoms with Gasteiger partial charge in [-0.15, -0.1) is 0 Å². The highest BCUT2D eigenvalue weighted by Gasteiger charge is 2.00. The highest BCUT2D eigenvalue weighted by Crippen LogP contribution is 2.14. The first-order valence-electron chi connectivity index (χ1n) is 3.50. The first kappa shape index (κ1) is 6.53. The molecule has 0 heterocycles. The fourth-order valence-corrected chi connectivity index (χ4v) is 1.11. The highest BCUT2D eigenvalue weighted by molar-refractivity contribution is 5.73. The van der Waals surface area contributed by atoms with Gasteiger partial charge in [0.2, 0.25) is 6.29 Å². The van der Waals surface area contributed by atoms with E-state index >= 15 is 0 Å². The van der Waals surface area contributed by atoms with Crippen molar-refractivity contribution in [2.75, 3.05) is 0 Å². The van der Waals surface area contributed by atoms with Crippen LogP contribution in [0, 0.1) is 0 Å². The van der Waals surface area contributed by atoms with E-state index in [1.807, 2.05) is 12.4 Å². The lowest BCUT2D eigenvalue weighted by Gasteiger charge is -1.89. The minimum Gasteiger partial charge on any atom is -0.285 e. The van der Waals surface area contributed by atoms with Gasteiger partial charge in [-0.25, -0.2) is 0 Å². The SMILES string of the molecule is O=[C]C1=CCCCCC1. The summed E-state index contributed by atoms with van der Waals surface area (Å²) in [5.41, 5.74) is 0.882. The first-order chi connectivity index (χ1) is 4.43. The number of hydrogen-bond acceptors (Lipinski definition) is 1. The smallest absolute Gasteiger partial charge is 0.228 e. The lowest BCUT2D eigenvalue weighted by atomic mass is 10.1. The van der Waals surface area contributed by atoms with Crippen LogP contribution in [0.2, 0.25) is 0 Å². The molecule has 1 aliphatic carbocycles. The van der Waals surface area contributed by atoms with E-state index in [0.29, 0.717) is 0 Å². The summed E-state index contributed by atoms with van der Waals surface area (Å²) in [7, 11) is 0. The van der Waals surface area contributed by atoms with Crippen molar-refractivity contribution in [3.8, 4) is 0 Å². The quantitative estimate of drug-likeness (QED) is 0.521. The maximum atomic E-state index is 10.1. The Bertz CT molecular complexity index is 125. The van der Waals surface area contributed by atoms with Crippen molar-refractivity contribution in [1.82, 2.24) is 0 Å². The number of allylic oxidation sites excluding steroid dienone is 2. The van der Waals surface area contributed by atoms with E-state index < -0.39 is 0 Å². The van der Waals surface area contributed by atoms with E-state index in [1.165, 1.54) is 19.3 Å². The van der Waals surface area contributed by atoms with Crippen LogP contribution in [-0.2, 0) is 4.79 Å². The second-order valence-electron chi connectivity index (χ2n) is 2.43. The summed E-state index contributed by atoms with van der Waals surface area (Å²) in [4.78, 5) is 10.1. The molecule has 0 aliphatic heterocycles. The zero-order valence-electron chi connectivity index (χ0n) is 5.52. The van der Waals surface area contributed by atoms with Gasteiger partial charge in [-0.3, -0.25) is 4.79 Å². The zero-order chi connectivity index (χ0) is 6.53. The average molecular weight is 123 g/mol. The van der Waals surface area contributed by atoms with Gasteiger partial charge in [-0.05, 0) is 31.3 Å². The predicted octanol–water partition coefficient (Wildman–Crippen LogP) is 1.99. The van der Waals surface area contributed by atoms with E-state index in [-0.39, 0.29) is 0 Å². The van der Waals surface area contributed by atoms with Crippen molar-refractivity contribution in [2.24, 2.45) is 0 Å². The van der Waals surface area contributed by atoms with Crippen molar-refractivity contribution >= 4 is 6.29 Å². The molecule has 1 rings (SSSR count). The van der Waals surface area contributed by atoms with Gasteiger partial charge in [0, 0.05) is 0 Å². The van der Waals surface area contributed by atoms with Crippen LogP contribution in [0.1, 0.15) is 32.1 Å². The largest absolute Gasteiger partial charge is 0.285 e. The number of hydrogen-bond donors (Lipinski definition) is 0. The van der Waals surface area contributed by atoms with Gasteiger partial charge in [0.15, 0.2) is 0 Å². The lowest BCUT2D eigenvalue weighted by Crippen LogP contribution is -1.80. The van der Waals surface area contributed by atoms with E-state index in [1.54, 1.807) is 0 Å². The molecule has 0 spiro atoms. The molecule has 0 fully saturated rings. The third-order valence-corrected chi connectivity index (χ3v) is 1.67. The van der Waals surface area contributed by atoms with Crippen LogP contribution >= 0.6 is 0 Å². The van der Waals surface area contributed by atoms with Gasteiger partial charge in [0.05, 0.1) is 0 Å². The van der Waals surface area contributed by atoms with E-state index in [9.17, 15) is 4.79 Å². The van der Waals surface area contributed by atoms with E-state index in [4.69, 9.17) is 0 Å². The van der Waals surface area contributed by atoms with Crippen LogP contribution in [0.15, 0.2) is 11.6 Å². The summed E-state index contributed by atoms with van der Waals surface area (Å²) in [6.07, 6.45) is 9.67. The predicted molar refractivity (Wildman–Crippen MR) is 36.9 cm³/mol. The lowest BCUT2D eigenvalue weighted by molar-refractivity contribution is 0.559. The monoisotopic (exact) mass is 123 g/mol. The standard InChI is InChI=1S/C8H11O/c9-7-8-5-3-1-2-4-6-8/h5H,1-4,6H2. The fraction of sp³-hybridized carbons (Fsp3) is 0.625. The normalized spacial score (nSPS) is 20.2. The van der Waals surface area contributed by atoms with Gasteiger partial charge >= 0.3 is 0 Å². The molecule has 1 aliphatic rings. The summed E-state index contributed by atoms with van der Waals surface area (Å²) in [5, 5.41) is 0. The maximum Gasteiger partial charge on any atom is 0.228 e. The van der Waals surface area contributed by atoms with Crippen LogP contribution in [0.4, 0.5) is 0 Å². The maximum absolute atomic E-state index is 10.1. The molecule has 0 aromatic rings. The average Bonchev–Trinajstić information content (AvgIpc) is 2.13. The molecule has 1 nitrogen and oxygen atoms in total. The van der Waals surface area contributed by atoms with Gasteiger partial charge in [-0.2, -0.15) is 0 Å². The van der Waals surface area contributed by atoms with Gasteiger partial charge in [0.1, 0.15) is 0 Å². The molecule has 0 bridgehead atoms. The number of rotatable bonds is 1. The third-order valence-electron chi connectivity index (χ3n) is 1.67. The summed E-state index contributed by atoms with van der Waals surface area (Å²) in [5.74, 6) is 0. The van der Waals surface area contributed by atoms with Crippen molar-refractivity contribution in [2.45, 2.75) is 32.1 Å². The Balaban J connectivity index is 2.46. The van der Waals surface area contributed by atoms with Gasteiger partial charge in [0.25, 0.3) is 0 Å².